The lowest BCUT2D eigenvalue weighted by molar-refractivity contribution is -0.115. The average Bonchev–Trinajstić information content (AvgIpc) is 3.38. The van der Waals surface area contributed by atoms with Crippen LogP contribution in [0.1, 0.15) is 13.3 Å². The summed E-state index contributed by atoms with van der Waals surface area (Å²) in [5.74, 6) is 0.530. The molecular formula is C26H22N6OS. The van der Waals surface area contributed by atoms with Gasteiger partial charge in [0.15, 0.2) is 5.65 Å². The quantitative estimate of drug-likeness (QED) is 0.305. The van der Waals surface area contributed by atoms with Gasteiger partial charge >= 0.3 is 0 Å². The van der Waals surface area contributed by atoms with Crippen LogP contribution in [0, 0.1) is 0 Å². The number of H-pyrrole nitrogens is 1. The molecule has 0 bridgehead atoms. The summed E-state index contributed by atoms with van der Waals surface area (Å²) >= 11 is 1.43. The number of thioether (sulfide) groups is 1. The fourth-order valence-electron chi connectivity index (χ4n) is 4.50. The number of fused-ring (bicyclic) bond motifs is 6. The molecule has 168 valence electrons. The molecular weight excluding hydrogens is 444 g/mol. The summed E-state index contributed by atoms with van der Waals surface area (Å²) in [7, 11) is 0. The van der Waals surface area contributed by atoms with Gasteiger partial charge in [-0.3, -0.25) is 4.79 Å². The highest BCUT2D eigenvalue weighted by Gasteiger charge is 2.12. The summed E-state index contributed by atoms with van der Waals surface area (Å²) in [6.07, 6.45) is 0.355. The third-order valence-electron chi connectivity index (χ3n) is 6.04. The molecule has 0 aliphatic heterocycles. The van der Waals surface area contributed by atoms with E-state index < -0.39 is 0 Å². The van der Waals surface area contributed by atoms with E-state index in [1.54, 1.807) is 0 Å². The number of carbonyl (C=O) groups excluding carboxylic acids is 1. The first-order chi connectivity index (χ1) is 16.7. The van der Waals surface area contributed by atoms with Crippen LogP contribution in [0.3, 0.4) is 0 Å². The number of anilines is 1. The molecule has 8 heteroatoms. The first kappa shape index (κ1) is 20.7. The number of hydrogen-bond donors (Lipinski definition) is 2. The molecule has 6 rings (SSSR count). The van der Waals surface area contributed by atoms with E-state index in [-0.39, 0.29) is 5.91 Å². The van der Waals surface area contributed by atoms with Crippen LogP contribution in [-0.4, -0.2) is 36.4 Å². The molecule has 0 atom stereocenters. The summed E-state index contributed by atoms with van der Waals surface area (Å²) in [5, 5.41) is 15.5. The highest BCUT2D eigenvalue weighted by atomic mass is 32.2. The van der Waals surface area contributed by atoms with E-state index >= 15 is 0 Å². The van der Waals surface area contributed by atoms with Gasteiger partial charge in [-0.25, -0.2) is 4.98 Å². The Labute approximate surface area is 199 Å². The fraction of sp³-hybridized carbons (Fsp3) is 0.154. The monoisotopic (exact) mass is 466 g/mol. The van der Waals surface area contributed by atoms with Gasteiger partial charge in [-0.05, 0) is 37.3 Å². The smallest absolute Gasteiger partial charge is 0.225 e. The van der Waals surface area contributed by atoms with E-state index in [9.17, 15) is 4.79 Å². The van der Waals surface area contributed by atoms with Crippen LogP contribution in [-0.2, 0) is 11.3 Å². The van der Waals surface area contributed by atoms with Gasteiger partial charge in [0.2, 0.25) is 11.1 Å². The highest BCUT2D eigenvalue weighted by Crippen LogP contribution is 2.31. The Balaban J connectivity index is 1.14. The number of aryl methyl sites for hydroxylation is 1. The number of nitrogens with zero attached hydrogens (tertiary/aromatic N) is 4. The predicted octanol–water partition coefficient (Wildman–Crippen LogP) is 5.75. The molecule has 0 saturated heterocycles. The number of aromatic amines is 1. The van der Waals surface area contributed by atoms with E-state index in [0.29, 0.717) is 23.0 Å². The second kappa shape index (κ2) is 8.46. The lowest BCUT2D eigenvalue weighted by atomic mass is 10.1. The maximum atomic E-state index is 12.6. The molecule has 3 heterocycles. The van der Waals surface area contributed by atoms with Crippen LogP contribution < -0.4 is 5.32 Å². The second-order valence-corrected chi connectivity index (χ2v) is 9.16. The van der Waals surface area contributed by atoms with Gasteiger partial charge in [-0.2, -0.15) is 0 Å². The Morgan fingerprint density at radius 1 is 0.971 bits per heavy atom. The van der Waals surface area contributed by atoms with Crippen LogP contribution in [0.2, 0.25) is 0 Å². The normalized spacial score (nSPS) is 11.7. The molecule has 0 aliphatic carbocycles. The summed E-state index contributed by atoms with van der Waals surface area (Å²) in [6.45, 7) is 3.04. The Morgan fingerprint density at radius 2 is 1.76 bits per heavy atom. The van der Waals surface area contributed by atoms with Gasteiger partial charge in [0, 0.05) is 57.1 Å². The van der Waals surface area contributed by atoms with Gasteiger partial charge in [-0.1, -0.05) is 48.2 Å². The Kier molecular flexibility index (Phi) is 5.15. The Hall–Kier alpha value is -3.91. The number of benzene rings is 3. The molecule has 0 radical (unpaired) electrons. The number of carbonyl (C=O) groups is 1. The number of hydrogen-bond acceptors (Lipinski definition) is 5. The number of rotatable bonds is 6. The average molecular weight is 467 g/mol. The van der Waals surface area contributed by atoms with E-state index in [4.69, 9.17) is 0 Å². The number of aromatic nitrogens is 5. The Morgan fingerprint density at radius 3 is 2.65 bits per heavy atom. The molecule has 1 amide bonds. The molecule has 7 nitrogen and oxygen atoms in total. The number of nitrogens with one attached hydrogen (secondary N) is 2. The van der Waals surface area contributed by atoms with E-state index in [1.807, 2.05) is 36.4 Å². The molecule has 0 aliphatic rings. The minimum Gasteiger partial charge on any atom is -0.341 e. The highest BCUT2D eigenvalue weighted by molar-refractivity contribution is 7.99. The van der Waals surface area contributed by atoms with Crippen LogP contribution >= 0.6 is 11.8 Å². The van der Waals surface area contributed by atoms with Gasteiger partial charge < -0.3 is 14.9 Å². The summed E-state index contributed by atoms with van der Waals surface area (Å²) in [6, 6.07) is 22.4. The van der Waals surface area contributed by atoms with Crippen molar-refractivity contribution in [2.75, 3.05) is 11.1 Å². The van der Waals surface area contributed by atoms with Gasteiger partial charge in [0.25, 0.3) is 0 Å². The minimum atomic E-state index is -0.0364. The molecule has 0 spiro atoms. The molecule has 6 aromatic rings. The standard InChI is InChI=1S/C26H22N6OS/c1-2-32-21-10-6-4-7-17(21)19-15-16(11-12-22(19)32)27-23(33)13-14-34-26-29-25-24(30-31-26)18-8-3-5-9-20(18)28-25/h3-12,15H,2,13-14H2,1H3,(H,27,33)(H,28,29,31). The van der Waals surface area contributed by atoms with Crippen molar-refractivity contribution >= 4 is 67.2 Å². The zero-order valence-corrected chi connectivity index (χ0v) is 19.4. The van der Waals surface area contributed by atoms with Crippen molar-refractivity contribution in [3.63, 3.8) is 0 Å². The van der Waals surface area contributed by atoms with Crippen molar-refractivity contribution < 1.29 is 4.79 Å². The van der Waals surface area contributed by atoms with Crippen molar-refractivity contribution in [2.45, 2.75) is 25.0 Å². The van der Waals surface area contributed by atoms with Crippen molar-refractivity contribution in [1.29, 1.82) is 0 Å². The first-order valence-electron chi connectivity index (χ1n) is 11.3. The summed E-state index contributed by atoms with van der Waals surface area (Å²) in [5.41, 5.74) is 5.65. The topological polar surface area (TPSA) is 88.5 Å². The van der Waals surface area contributed by atoms with Crippen molar-refractivity contribution in [2.24, 2.45) is 0 Å². The number of amides is 1. The van der Waals surface area contributed by atoms with Crippen LogP contribution in [0.25, 0.3) is 43.9 Å². The second-order valence-electron chi connectivity index (χ2n) is 8.10. The summed E-state index contributed by atoms with van der Waals surface area (Å²) < 4.78 is 2.30. The molecule has 0 saturated carbocycles. The minimum absolute atomic E-state index is 0.0364. The molecule has 34 heavy (non-hydrogen) atoms. The molecule has 3 aromatic heterocycles. The van der Waals surface area contributed by atoms with Crippen molar-refractivity contribution in [1.82, 2.24) is 24.7 Å². The zero-order chi connectivity index (χ0) is 23.1. The summed E-state index contributed by atoms with van der Waals surface area (Å²) in [4.78, 5) is 20.4. The van der Waals surface area contributed by atoms with Gasteiger partial charge in [0.05, 0.1) is 0 Å². The van der Waals surface area contributed by atoms with Crippen LogP contribution in [0.15, 0.2) is 71.9 Å². The maximum absolute atomic E-state index is 12.6. The van der Waals surface area contributed by atoms with E-state index in [0.717, 1.165) is 34.0 Å². The van der Waals surface area contributed by atoms with Crippen LogP contribution in [0.4, 0.5) is 5.69 Å². The Bertz CT molecular complexity index is 1690. The van der Waals surface area contributed by atoms with Gasteiger partial charge in [0.1, 0.15) is 5.52 Å². The fourth-order valence-corrected chi connectivity index (χ4v) is 5.22. The first-order valence-corrected chi connectivity index (χ1v) is 12.2. The van der Waals surface area contributed by atoms with Crippen LogP contribution in [0.5, 0.6) is 0 Å². The maximum Gasteiger partial charge on any atom is 0.225 e. The zero-order valence-electron chi connectivity index (χ0n) is 18.6. The third-order valence-corrected chi connectivity index (χ3v) is 6.87. The van der Waals surface area contributed by atoms with Crippen molar-refractivity contribution in [3.8, 4) is 0 Å². The molecule has 2 N–H and O–H groups in total. The van der Waals surface area contributed by atoms with Gasteiger partial charge in [-0.15, -0.1) is 10.2 Å². The largest absolute Gasteiger partial charge is 0.341 e. The third kappa shape index (κ3) is 3.56. The number of para-hydroxylation sites is 2. The lowest BCUT2D eigenvalue weighted by Gasteiger charge is -2.06. The SMILES string of the molecule is CCn1c2ccccc2c2cc(NC(=O)CCSc3nnc4c(n3)[nH]c3ccccc34)ccc21. The van der Waals surface area contributed by atoms with E-state index in [2.05, 4.69) is 67.3 Å². The lowest BCUT2D eigenvalue weighted by Crippen LogP contribution is -2.12. The van der Waals surface area contributed by atoms with E-state index in [1.165, 1.54) is 28.2 Å². The molecule has 3 aromatic carbocycles. The predicted molar refractivity (Wildman–Crippen MR) is 138 cm³/mol. The molecule has 0 unspecified atom stereocenters. The molecule has 0 fully saturated rings. The van der Waals surface area contributed by atoms with Crippen molar-refractivity contribution in [3.05, 3.63) is 66.7 Å².